The van der Waals surface area contributed by atoms with Crippen molar-refractivity contribution in [3.05, 3.63) is 17.3 Å². The van der Waals surface area contributed by atoms with Crippen LogP contribution in [0, 0.1) is 0 Å². The van der Waals surface area contributed by atoms with Crippen molar-refractivity contribution in [3.8, 4) is 0 Å². The second-order valence-corrected chi connectivity index (χ2v) is 7.34. The number of halogens is 1. The van der Waals surface area contributed by atoms with Gasteiger partial charge >= 0.3 is 0 Å². The van der Waals surface area contributed by atoms with Gasteiger partial charge in [-0.25, -0.2) is 24.3 Å². The zero-order chi connectivity index (χ0) is 15.6. The number of hydrogen-bond acceptors (Lipinski definition) is 6. The average molecular weight is 334 g/mol. The van der Waals surface area contributed by atoms with Crippen LogP contribution < -0.4 is 16.1 Å². The molecule has 9 heteroatoms. The second kappa shape index (κ2) is 6.45. The van der Waals surface area contributed by atoms with E-state index in [1.54, 1.807) is 5.01 Å². The highest BCUT2D eigenvalue weighted by atomic mass is 35.5. The van der Waals surface area contributed by atoms with E-state index in [2.05, 4.69) is 15.2 Å². The molecular formula is C12H20ClN5O2S. The summed E-state index contributed by atoms with van der Waals surface area (Å²) in [4.78, 5) is 6.53. The Morgan fingerprint density at radius 2 is 2.00 bits per heavy atom. The number of sulfonamides is 1. The molecule has 21 heavy (non-hydrogen) atoms. The van der Waals surface area contributed by atoms with E-state index < -0.39 is 10.0 Å². The number of nitrogen functional groups attached to an aromatic ring is 1. The number of hydrazine groups is 2. The quantitative estimate of drug-likeness (QED) is 0.570. The molecule has 0 saturated carbocycles. The smallest absolute Gasteiger partial charge is 0.255 e. The fourth-order valence-corrected chi connectivity index (χ4v) is 3.96. The maximum Gasteiger partial charge on any atom is 0.255 e. The first kappa shape index (κ1) is 16.4. The van der Waals surface area contributed by atoms with Gasteiger partial charge in [-0.15, -0.1) is 4.83 Å². The Morgan fingerprint density at radius 3 is 2.52 bits per heavy atom. The van der Waals surface area contributed by atoms with Crippen LogP contribution in [0.15, 0.2) is 17.2 Å². The van der Waals surface area contributed by atoms with E-state index in [0.29, 0.717) is 0 Å². The van der Waals surface area contributed by atoms with E-state index in [9.17, 15) is 8.42 Å². The average Bonchev–Trinajstić information content (AvgIpc) is 2.43. The molecular weight excluding hydrogens is 314 g/mol. The summed E-state index contributed by atoms with van der Waals surface area (Å²) in [5, 5.41) is 1.93. The Morgan fingerprint density at radius 1 is 1.38 bits per heavy atom. The lowest BCUT2D eigenvalue weighted by Crippen LogP contribution is -2.53. The van der Waals surface area contributed by atoms with E-state index in [1.165, 1.54) is 12.3 Å². The molecule has 1 saturated heterocycles. The summed E-state index contributed by atoms with van der Waals surface area (Å²) in [6.07, 6.45) is 4.25. The monoisotopic (exact) mass is 333 g/mol. The van der Waals surface area contributed by atoms with Crippen molar-refractivity contribution in [2.75, 3.05) is 5.43 Å². The number of anilines is 1. The molecule has 2 atom stereocenters. The van der Waals surface area contributed by atoms with Crippen molar-refractivity contribution in [2.24, 2.45) is 5.84 Å². The van der Waals surface area contributed by atoms with Gasteiger partial charge in [-0.1, -0.05) is 18.0 Å². The Hall–Kier alpha value is -0.930. The van der Waals surface area contributed by atoms with E-state index in [0.717, 1.165) is 19.3 Å². The van der Waals surface area contributed by atoms with E-state index >= 15 is 0 Å². The molecule has 0 amide bonds. The van der Waals surface area contributed by atoms with Crippen molar-refractivity contribution in [2.45, 2.75) is 50.1 Å². The lowest BCUT2D eigenvalue weighted by Gasteiger charge is -2.38. The molecule has 1 aromatic rings. The highest BCUT2D eigenvalue weighted by Crippen LogP contribution is 2.24. The summed E-state index contributed by atoms with van der Waals surface area (Å²) in [5.74, 6) is 5.46. The number of aromatic nitrogens is 1. The van der Waals surface area contributed by atoms with Crippen LogP contribution >= 0.6 is 11.6 Å². The van der Waals surface area contributed by atoms with Crippen LogP contribution in [0.4, 0.5) is 5.82 Å². The van der Waals surface area contributed by atoms with Crippen LogP contribution in [0.1, 0.15) is 33.1 Å². The van der Waals surface area contributed by atoms with E-state index in [-0.39, 0.29) is 27.8 Å². The Bertz CT molecular complexity index is 600. The molecule has 1 aliphatic heterocycles. The summed E-state index contributed by atoms with van der Waals surface area (Å²) in [5.41, 5.74) is 2.30. The molecule has 1 aromatic heterocycles. The third-order valence-corrected chi connectivity index (χ3v) is 5.27. The molecule has 1 aliphatic rings. The molecule has 2 unspecified atom stereocenters. The molecule has 0 aliphatic carbocycles. The number of nitrogens with one attached hydrogen (secondary N) is 2. The molecule has 4 N–H and O–H groups in total. The normalized spacial score (nSPS) is 24.0. The SMILES string of the molecule is CC1CCCC(C)N1NS(=O)(=O)c1cnc(NN)c(Cl)c1. The third-order valence-electron chi connectivity index (χ3n) is 3.68. The number of pyridine rings is 1. The highest BCUT2D eigenvalue weighted by Gasteiger charge is 2.29. The number of nitrogens with zero attached hydrogens (tertiary/aromatic N) is 2. The third kappa shape index (κ3) is 3.64. The van der Waals surface area contributed by atoms with E-state index in [1.807, 2.05) is 13.8 Å². The zero-order valence-corrected chi connectivity index (χ0v) is 13.6. The number of piperidine rings is 1. The maximum absolute atomic E-state index is 12.4. The Balaban J connectivity index is 2.23. The van der Waals surface area contributed by atoms with Gasteiger partial charge in [0.1, 0.15) is 4.90 Å². The second-order valence-electron chi connectivity index (χ2n) is 5.28. The summed E-state index contributed by atoms with van der Waals surface area (Å²) in [6.45, 7) is 4.01. The van der Waals surface area contributed by atoms with Gasteiger partial charge in [0.15, 0.2) is 5.82 Å². The summed E-state index contributed by atoms with van der Waals surface area (Å²) in [6, 6.07) is 1.62. The largest absolute Gasteiger partial charge is 0.307 e. The molecule has 0 spiro atoms. The zero-order valence-electron chi connectivity index (χ0n) is 12.0. The van der Waals surface area contributed by atoms with Gasteiger partial charge < -0.3 is 5.43 Å². The standard InChI is InChI=1S/C12H20ClN5O2S/c1-8-4-3-5-9(2)18(8)17-21(19,20)10-6-11(13)12(16-14)15-7-10/h6-9,17H,3-5,14H2,1-2H3,(H,15,16). The van der Waals surface area contributed by atoms with Crippen LogP contribution in [-0.4, -0.2) is 30.5 Å². The molecule has 118 valence electrons. The van der Waals surface area contributed by atoms with Crippen LogP contribution in [0.5, 0.6) is 0 Å². The number of hydrogen-bond donors (Lipinski definition) is 3. The fraction of sp³-hybridized carbons (Fsp3) is 0.583. The van der Waals surface area contributed by atoms with Gasteiger partial charge in [-0.05, 0) is 32.8 Å². The van der Waals surface area contributed by atoms with Gasteiger partial charge in [-0.3, -0.25) is 0 Å². The first-order valence-electron chi connectivity index (χ1n) is 6.78. The first-order valence-corrected chi connectivity index (χ1v) is 8.64. The molecule has 0 bridgehead atoms. The Kier molecular flexibility index (Phi) is 5.05. The van der Waals surface area contributed by atoms with Crippen LogP contribution in [0.25, 0.3) is 0 Å². The van der Waals surface area contributed by atoms with Crippen molar-refractivity contribution in [3.63, 3.8) is 0 Å². The number of nitrogens with two attached hydrogens (primary N) is 1. The van der Waals surface area contributed by atoms with Gasteiger partial charge in [0.25, 0.3) is 10.0 Å². The van der Waals surface area contributed by atoms with Gasteiger partial charge in [-0.2, -0.15) is 0 Å². The van der Waals surface area contributed by atoms with Crippen molar-refractivity contribution >= 4 is 27.4 Å². The van der Waals surface area contributed by atoms with Crippen molar-refractivity contribution in [1.82, 2.24) is 14.8 Å². The predicted octanol–water partition coefficient (Wildman–Crippen LogP) is 1.48. The highest BCUT2D eigenvalue weighted by molar-refractivity contribution is 7.89. The topological polar surface area (TPSA) is 100 Å². The van der Waals surface area contributed by atoms with Gasteiger partial charge in [0.05, 0.1) is 5.02 Å². The molecule has 2 rings (SSSR count). The number of rotatable bonds is 4. The minimum absolute atomic E-state index is 0.0106. The lowest BCUT2D eigenvalue weighted by molar-refractivity contribution is 0.0790. The minimum atomic E-state index is -3.71. The Labute approximate surface area is 129 Å². The van der Waals surface area contributed by atoms with Crippen molar-refractivity contribution < 1.29 is 8.42 Å². The first-order chi connectivity index (χ1) is 9.85. The van der Waals surface area contributed by atoms with Gasteiger partial charge in [0, 0.05) is 18.3 Å². The molecule has 2 heterocycles. The predicted molar refractivity (Wildman–Crippen MR) is 82.0 cm³/mol. The minimum Gasteiger partial charge on any atom is -0.307 e. The fourth-order valence-electron chi connectivity index (χ4n) is 2.47. The molecule has 0 radical (unpaired) electrons. The summed E-state index contributed by atoms with van der Waals surface area (Å²) >= 11 is 5.92. The van der Waals surface area contributed by atoms with Crippen molar-refractivity contribution in [1.29, 1.82) is 0 Å². The molecule has 7 nitrogen and oxygen atoms in total. The van der Waals surface area contributed by atoms with Gasteiger partial charge in [0.2, 0.25) is 0 Å². The molecule has 1 fully saturated rings. The van der Waals surface area contributed by atoms with Crippen LogP contribution in [0.3, 0.4) is 0 Å². The van der Waals surface area contributed by atoms with E-state index in [4.69, 9.17) is 17.4 Å². The van der Waals surface area contributed by atoms with Crippen LogP contribution in [0.2, 0.25) is 5.02 Å². The molecule has 0 aromatic carbocycles. The summed E-state index contributed by atoms with van der Waals surface area (Å²) in [7, 11) is -3.71. The maximum atomic E-state index is 12.4. The summed E-state index contributed by atoms with van der Waals surface area (Å²) < 4.78 is 24.9. The lowest BCUT2D eigenvalue weighted by atomic mass is 10.0. The van der Waals surface area contributed by atoms with Crippen LogP contribution in [-0.2, 0) is 10.0 Å².